The fourth-order valence-electron chi connectivity index (χ4n) is 1.57. The molecular formula is C13H30O4P+. The van der Waals surface area contributed by atoms with Gasteiger partial charge in [-0.05, 0) is 19.3 Å². The van der Waals surface area contributed by atoms with E-state index in [1.165, 1.54) is 51.4 Å². The van der Waals surface area contributed by atoms with Gasteiger partial charge in [0, 0.05) is 11.2 Å². The van der Waals surface area contributed by atoms with Crippen molar-refractivity contribution in [2.45, 2.75) is 78.2 Å². The summed E-state index contributed by atoms with van der Waals surface area (Å²) in [6, 6.07) is 0. The predicted molar refractivity (Wildman–Crippen MR) is 75.7 cm³/mol. The van der Waals surface area contributed by atoms with E-state index in [1.54, 1.807) is 0 Å². The van der Waals surface area contributed by atoms with Crippen LogP contribution in [0, 0.1) is 0 Å². The standard InChI is InChI=1S/C13H28O.HO3P/c1-4-7-10-13(11-8-5-2)14-12-9-6-3;1-4(2)3/h13H,4-12H2,1-3H3;(H-,1,2,3)/p+1. The fourth-order valence-corrected chi connectivity index (χ4v) is 1.57. The van der Waals surface area contributed by atoms with Gasteiger partial charge in [0.2, 0.25) is 0 Å². The van der Waals surface area contributed by atoms with E-state index >= 15 is 0 Å². The molecule has 0 saturated heterocycles. The molecule has 110 valence electrons. The first-order chi connectivity index (χ1) is 8.58. The molecule has 0 unspecified atom stereocenters. The van der Waals surface area contributed by atoms with E-state index in [1.807, 2.05) is 0 Å². The van der Waals surface area contributed by atoms with Gasteiger partial charge in [-0.15, -0.1) is 9.79 Å². The molecule has 0 aromatic heterocycles. The van der Waals surface area contributed by atoms with Crippen LogP contribution in [0.25, 0.3) is 0 Å². The topological polar surface area (TPSA) is 66.8 Å². The van der Waals surface area contributed by atoms with Gasteiger partial charge in [-0.25, -0.2) is 0 Å². The molecule has 0 saturated carbocycles. The third-order valence-electron chi connectivity index (χ3n) is 2.61. The zero-order valence-corrected chi connectivity index (χ0v) is 13.0. The Morgan fingerprint density at radius 1 is 0.944 bits per heavy atom. The van der Waals surface area contributed by atoms with E-state index in [9.17, 15) is 0 Å². The summed E-state index contributed by atoms with van der Waals surface area (Å²) in [5.41, 5.74) is 0. The first-order valence-electron chi connectivity index (χ1n) is 7.04. The maximum absolute atomic E-state index is 8.70. The number of ether oxygens (including phenoxy) is 1. The van der Waals surface area contributed by atoms with Gasteiger partial charge < -0.3 is 4.74 Å². The Kier molecular flexibility index (Phi) is 19.2. The summed E-state index contributed by atoms with van der Waals surface area (Å²) in [5, 5.41) is 0. The Morgan fingerprint density at radius 2 is 1.33 bits per heavy atom. The molecule has 0 rings (SSSR count). The minimum Gasteiger partial charge on any atom is -0.378 e. The first kappa shape index (κ1) is 20.3. The molecule has 0 atom stereocenters. The second-order valence-electron chi connectivity index (χ2n) is 4.38. The quantitative estimate of drug-likeness (QED) is 0.465. The summed E-state index contributed by atoms with van der Waals surface area (Å²) in [6.45, 7) is 7.69. The lowest BCUT2D eigenvalue weighted by molar-refractivity contribution is 0.0371. The third kappa shape index (κ3) is 21.3. The molecule has 0 bridgehead atoms. The van der Waals surface area contributed by atoms with E-state index in [2.05, 4.69) is 20.8 Å². The second kappa shape index (κ2) is 17.0. The van der Waals surface area contributed by atoms with Crippen LogP contribution in [0.15, 0.2) is 0 Å². The van der Waals surface area contributed by atoms with E-state index in [0.717, 1.165) is 6.61 Å². The lowest BCUT2D eigenvalue weighted by Gasteiger charge is -2.17. The van der Waals surface area contributed by atoms with E-state index in [0.29, 0.717) is 6.10 Å². The van der Waals surface area contributed by atoms with Crippen molar-refractivity contribution in [3.05, 3.63) is 0 Å². The van der Waals surface area contributed by atoms with E-state index in [4.69, 9.17) is 19.1 Å². The highest BCUT2D eigenvalue weighted by Crippen LogP contribution is 2.12. The lowest BCUT2D eigenvalue weighted by Crippen LogP contribution is -2.13. The molecule has 0 aromatic rings. The molecule has 0 aromatic carbocycles. The number of unbranched alkanes of at least 4 members (excludes halogenated alkanes) is 3. The van der Waals surface area contributed by atoms with Crippen LogP contribution in [0.2, 0.25) is 0 Å². The molecule has 0 spiro atoms. The maximum atomic E-state index is 8.70. The number of hydrogen-bond acceptors (Lipinski definition) is 2. The summed E-state index contributed by atoms with van der Waals surface area (Å²) < 4.78 is 14.6. The Bertz CT molecular complexity index is 164. The van der Waals surface area contributed by atoms with Crippen LogP contribution >= 0.6 is 8.25 Å². The Hall–Kier alpha value is -0.0200. The fraction of sp³-hybridized carbons (Fsp3) is 1.00. The van der Waals surface area contributed by atoms with Crippen molar-refractivity contribution in [3.8, 4) is 0 Å². The molecule has 0 aliphatic rings. The van der Waals surface area contributed by atoms with Gasteiger partial charge in [-0.2, -0.15) is 0 Å². The van der Waals surface area contributed by atoms with Crippen LogP contribution in [0.4, 0.5) is 0 Å². The largest absolute Gasteiger partial charge is 0.692 e. The summed E-state index contributed by atoms with van der Waals surface area (Å²) in [6.07, 6.45) is 10.8. The average molecular weight is 281 g/mol. The molecule has 4 nitrogen and oxygen atoms in total. The molecule has 0 aliphatic heterocycles. The highest BCUT2D eigenvalue weighted by molar-refractivity contribution is 7.30. The van der Waals surface area contributed by atoms with Crippen molar-refractivity contribution in [2.24, 2.45) is 0 Å². The maximum Gasteiger partial charge on any atom is 0.692 e. The van der Waals surface area contributed by atoms with Crippen LogP contribution in [0.3, 0.4) is 0 Å². The normalized spacial score (nSPS) is 10.1. The van der Waals surface area contributed by atoms with Crippen LogP contribution in [-0.2, 0) is 9.30 Å². The van der Waals surface area contributed by atoms with E-state index in [-0.39, 0.29) is 0 Å². The molecule has 0 radical (unpaired) electrons. The molecule has 5 heteroatoms. The Balaban J connectivity index is 0. The van der Waals surface area contributed by atoms with Gasteiger partial charge >= 0.3 is 8.25 Å². The van der Waals surface area contributed by atoms with Crippen molar-refractivity contribution >= 4 is 8.25 Å². The summed E-state index contributed by atoms with van der Waals surface area (Å²) >= 11 is 0. The third-order valence-corrected chi connectivity index (χ3v) is 2.61. The van der Waals surface area contributed by atoms with Crippen molar-refractivity contribution < 1.29 is 19.1 Å². The highest BCUT2D eigenvalue weighted by Gasteiger charge is 2.07. The molecule has 0 fully saturated rings. The van der Waals surface area contributed by atoms with Gasteiger partial charge in [-0.1, -0.05) is 52.9 Å². The molecular weight excluding hydrogens is 251 g/mol. The molecule has 2 N–H and O–H groups in total. The van der Waals surface area contributed by atoms with Gasteiger partial charge in [0.25, 0.3) is 0 Å². The van der Waals surface area contributed by atoms with E-state index < -0.39 is 8.25 Å². The summed E-state index contributed by atoms with van der Waals surface area (Å²) in [4.78, 5) is 14.2. The SMILES string of the molecule is CCCCOC(CCCC)CCCC.O=[P+](O)O. The van der Waals surface area contributed by atoms with Gasteiger partial charge in [0.1, 0.15) is 0 Å². The minimum atomic E-state index is -2.87. The lowest BCUT2D eigenvalue weighted by atomic mass is 10.1. The zero-order valence-electron chi connectivity index (χ0n) is 12.1. The van der Waals surface area contributed by atoms with Crippen molar-refractivity contribution in [1.29, 1.82) is 0 Å². The highest BCUT2D eigenvalue weighted by atomic mass is 31.1. The van der Waals surface area contributed by atoms with Crippen LogP contribution < -0.4 is 0 Å². The Morgan fingerprint density at radius 3 is 1.67 bits per heavy atom. The van der Waals surface area contributed by atoms with Gasteiger partial charge in [-0.3, -0.25) is 0 Å². The zero-order chi connectivity index (χ0) is 14.2. The van der Waals surface area contributed by atoms with Gasteiger partial charge in [0.15, 0.2) is 0 Å². The smallest absolute Gasteiger partial charge is 0.378 e. The van der Waals surface area contributed by atoms with Crippen LogP contribution in [-0.4, -0.2) is 22.5 Å². The van der Waals surface area contributed by atoms with Crippen molar-refractivity contribution in [2.75, 3.05) is 6.61 Å². The first-order valence-corrected chi connectivity index (χ1v) is 8.21. The predicted octanol–water partition coefficient (Wildman–Crippen LogP) is 4.18. The summed E-state index contributed by atoms with van der Waals surface area (Å²) in [5.74, 6) is 0. The van der Waals surface area contributed by atoms with Crippen molar-refractivity contribution in [1.82, 2.24) is 0 Å². The number of rotatable bonds is 10. The minimum absolute atomic E-state index is 0.543. The molecule has 0 amide bonds. The van der Waals surface area contributed by atoms with Gasteiger partial charge in [0.05, 0.1) is 6.10 Å². The number of hydrogen-bond donors (Lipinski definition) is 2. The average Bonchev–Trinajstić information content (AvgIpc) is 2.31. The van der Waals surface area contributed by atoms with Crippen molar-refractivity contribution in [3.63, 3.8) is 0 Å². The molecule has 18 heavy (non-hydrogen) atoms. The monoisotopic (exact) mass is 281 g/mol. The summed E-state index contributed by atoms with van der Waals surface area (Å²) in [7, 11) is -2.87. The van der Waals surface area contributed by atoms with Crippen LogP contribution in [0.5, 0.6) is 0 Å². The Labute approximate surface area is 113 Å². The second-order valence-corrected chi connectivity index (χ2v) is 4.89. The molecule has 0 aliphatic carbocycles. The van der Waals surface area contributed by atoms with Crippen LogP contribution in [0.1, 0.15) is 72.1 Å². The molecule has 0 heterocycles.